The molecule has 2 unspecified atom stereocenters. The van der Waals surface area contributed by atoms with Crippen LogP contribution in [0.2, 0.25) is 0 Å². The quantitative estimate of drug-likeness (QED) is 0.895. The number of rotatable bonds is 5. The van der Waals surface area contributed by atoms with Gasteiger partial charge in [0.05, 0.1) is 6.61 Å². The molecule has 1 aliphatic heterocycles. The minimum Gasteiger partial charge on any atom is -0.381 e. The van der Waals surface area contributed by atoms with Crippen LogP contribution in [0.5, 0.6) is 0 Å². The lowest BCUT2D eigenvalue weighted by atomic mass is 9.92. The summed E-state index contributed by atoms with van der Waals surface area (Å²) in [5.74, 6) is 0.242. The Labute approximate surface area is 116 Å². The molecule has 1 fully saturated rings. The van der Waals surface area contributed by atoms with Crippen molar-refractivity contribution in [2.24, 2.45) is 5.92 Å². The first-order chi connectivity index (χ1) is 8.70. The lowest BCUT2D eigenvalue weighted by Crippen LogP contribution is -2.29. The third kappa shape index (κ3) is 3.53. The second kappa shape index (κ2) is 6.64. The summed E-state index contributed by atoms with van der Waals surface area (Å²) in [4.78, 5) is 0. The molecule has 0 aromatic heterocycles. The maximum Gasteiger partial charge on any atom is 0.124 e. The SMILES string of the molecule is CCCNC(c1cc(F)cc(Br)c1)C1CCOC1. The fourth-order valence-electron chi connectivity index (χ4n) is 2.43. The zero-order chi connectivity index (χ0) is 13.0. The highest BCUT2D eigenvalue weighted by atomic mass is 79.9. The van der Waals surface area contributed by atoms with Crippen molar-refractivity contribution in [3.63, 3.8) is 0 Å². The van der Waals surface area contributed by atoms with E-state index >= 15 is 0 Å². The van der Waals surface area contributed by atoms with Gasteiger partial charge in [-0.25, -0.2) is 4.39 Å². The van der Waals surface area contributed by atoms with E-state index in [2.05, 4.69) is 28.2 Å². The fourth-order valence-corrected chi connectivity index (χ4v) is 2.91. The van der Waals surface area contributed by atoms with Crippen LogP contribution in [0.25, 0.3) is 0 Å². The summed E-state index contributed by atoms with van der Waals surface area (Å²) in [5.41, 5.74) is 1.01. The fraction of sp³-hybridized carbons (Fsp3) is 0.571. The Balaban J connectivity index is 2.20. The molecular weight excluding hydrogens is 297 g/mol. The summed E-state index contributed by atoms with van der Waals surface area (Å²) in [7, 11) is 0. The highest BCUT2D eigenvalue weighted by molar-refractivity contribution is 9.10. The minimum absolute atomic E-state index is 0.180. The molecule has 0 aliphatic carbocycles. The van der Waals surface area contributed by atoms with Gasteiger partial charge in [0.1, 0.15) is 5.82 Å². The first-order valence-electron chi connectivity index (χ1n) is 6.48. The van der Waals surface area contributed by atoms with Gasteiger partial charge in [-0.3, -0.25) is 0 Å². The van der Waals surface area contributed by atoms with Gasteiger partial charge in [-0.2, -0.15) is 0 Å². The number of hydrogen-bond acceptors (Lipinski definition) is 2. The molecular formula is C14H19BrFNO. The van der Waals surface area contributed by atoms with Crippen LogP contribution in [0.3, 0.4) is 0 Å². The molecule has 1 N–H and O–H groups in total. The van der Waals surface area contributed by atoms with E-state index in [-0.39, 0.29) is 11.9 Å². The van der Waals surface area contributed by atoms with Crippen molar-refractivity contribution in [1.82, 2.24) is 5.32 Å². The molecule has 2 rings (SSSR count). The number of nitrogens with one attached hydrogen (secondary N) is 1. The summed E-state index contributed by atoms with van der Waals surface area (Å²) >= 11 is 3.36. The standard InChI is InChI=1S/C14H19BrFNO/c1-2-4-17-14(10-3-5-18-9-10)11-6-12(15)8-13(16)7-11/h6-8,10,14,17H,2-5,9H2,1H3. The normalized spacial score (nSPS) is 21.2. The molecule has 2 nitrogen and oxygen atoms in total. The van der Waals surface area contributed by atoms with Gasteiger partial charge in [-0.15, -0.1) is 0 Å². The average molecular weight is 316 g/mol. The summed E-state index contributed by atoms with van der Waals surface area (Å²) in [5, 5.41) is 3.51. The largest absolute Gasteiger partial charge is 0.381 e. The van der Waals surface area contributed by atoms with Gasteiger partial charge in [0.2, 0.25) is 0 Å². The second-order valence-electron chi connectivity index (χ2n) is 4.76. The lowest BCUT2D eigenvalue weighted by Gasteiger charge is -2.24. The van der Waals surface area contributed by atoms with E-state index in [9.17, 15) is 4.39 Å². The van der Waals surface area contributed by atoms with Gasteiger partial charge < -0.3 is 10.1 Å². The van der Waals surface area contributed by atoms with E-state index in [1.165, 1.54) is 6.07 Å². The van der Waals surface area contributed by atoms with Crippen LogP contribution in [0.4, 0.5) is 4.39 Å². The molecule has 1 aromatic rings. The Bertz CT molecular complexity index is 373. The van der Waals surface area contributed by atoms with E-state index in [4.69, 9.17) is 4.74 Å². The molecule has 1 aliphatic rings. The predicted molar refractivity (Wildman–Crippen MR) is 74.1 cm³/mol. The van der Waals surface area contributed by atoms with E-state index in [1.54, 1.807) is 6.07 Å². The molecule has 1 aromatic carbocycles. The Hall–Kier alpha value is -0.450. The van der Waals surface area contributed by atoms with Crippen molar-refractivity contribution < 1.29 is 9.13 Å². The van der Waals surface area contributed by atoms with Crippen LogP contribution in [0, 0.1) is 11.7 Å². The van der Waals surface area contributed by atoms with Gasteiger partial charge in [0.25, 0.3) is 0 Å². The van der Waals surface area contributed by atoms with Gasteiger partial charge >= 0.3 is 0 Å². The number of ether oxygens (including phenoxy) is 1. The molecule has 1 saturated heterocycles. The smallest absolute Gasteiger partial charge is 0.124 e. The monoisotopic (exact) mass is 315 g/mol. The Morgan fingerprint density at radius 1 is 1.50 bits per heavy atom. The van der Waals surface area contributed by atoms with Crippen molar-refractivity contribution in [3.05, 3.63) is 34.1 Å². The molecule has 100 valence electrons. The van der Waals surface area contributed by atoms with Crippen LogP contribution < -0.4 is 5.32 Å². The minimum atomic E-state index is -0.193. The molecule has 0 radical (unpaired) electrons. The molecule has 2 atom stereocenters. The number of benzene rings is 1. The number of hydrogen-bond donors (Lipinski definition) is 1. The average Bonchev–Trinajstić information content (AvgIpc) is 2.82. The predicted octanol–water partition coefficient (Wildman–Crippen LogP) is 3.67. The molecule has 0 bridgehead atoms. The molecule has 18 heavy (non-hydrogen) atoms. The van der Waals surface area contributed by atoms with Crippen molar-refractivity contribution in [3.8, 4) is 0 Å². The summed E-state index contributed by atoms with van der Waals surface area (Å²) < 4.78 is 19.8. The summed E-state index contributed by atoms with van der Waals surface area (Å²) in [6.45, 7) is 4.65. The lowest BCUT2D eigenvalue weighted by molar-refractivity contribution is 0.176. The van der Waals surface area contributed by atoms with Crippen LogP contribution in [0.15, 0.2) is 22.7 Å². The molecule has 0 saturated carbocycles. The zero-order valence-corrected chi connectivity index (χ0v) is 12.2. The van der Waals surface area contributed by atoms with Crippen molar-refractivity contribution in [2.75, 3.05) is 19.8 Å². The van der Waals surface area contributed by atoms with Crippen molar-refractivity contribution in [2.45, 2.75) is 25.8 Å². The van der Waals surface area contributed by atoms with Gasteiger partial charge in [0, 0.05) is 23.0 Å². The van der Waals surface area contributed by atoms with Gasteiger partial charge in [-0.1, -0.05) is 22.9 Å². The summed E-state index contributed by atoms with van der Waals surface area (Å²) in [6, 6.07) is 5.29. The Morgan fingerprint density at radius 2 is 2.33 bits per heavy atom. The van der Waals surface area contributed by atoms with E-state index in [0.29, 0.717) is 5.92 Å². The highest BCUT2D eigenvalue weighted by Crippen LogP contribution is 2.30. The Morgan fingerprint density at radius 3 is 2.94 bits per heavy atom. The van der Waals surface area contributed by atoms with E-state index < -0.39 is 0 Å². The first kappa shape index (κ1) is 14.0. The van der Waals surface area contributed by atoms with Crippen molar-refractivity contribution >= 4 is 15.9 Å². The highest BCUT2D eigenvalue weighted by Gasteiger charge is 2.27. The van der Waals surface area contributed by atoms with Crippen LogP contribution in [-0.4, -0.2) is 19.8 Å². The van der Waals surface area contributed by atoms with E-state index in [0.717, 1.165) is 42.6 Å². The zero-order valence-electron chi connectivity index (χ0n) is 10.6. The molecule has 1 heterocycles. The molecule has 4 heteroatoms. The second-order valence-corrected chi connectivity index (χ2v) is 5.67. The third-order valence-electron chi connectivity index (χ3n) is 3.29. The summed E-state index contributed by atoms with van der Waals surface area (Å²) in [6.07, 6.45) is 2.11. The molecule has 0 amide bonds. The molecule has 0 spiro atoms. The third-order valence-corrected chi connectivity index (χ3v) is 3.75. The van der Waals surface area contributed by atoms with E-state index in [1.807, 2.05) is 6.07 Å². The van der Waals surface area contributed by atoms with Crippen LogP contribution >= 0.6 is 15.9 Å². The van der Waals surface area contributed by atoms with Crippen LogP contribution in [-0.2, 0) is 4.74 Å². The van der Waals surface area contributed by atoms with Gasteiger partial charge in [-0.05, 0) is 43.1 Å². The van der Waals surface area contributed by atoms with Crippen molar-refractivity contribution in [1.29, 1.82) is 0 Å². The van der Waals surface area contributed by atoms with Gasteiger partial charge in [0.15, 0.2) is 0 Å². The number of halogens is 2. The first-order valence-corrected chi connectivity index (χ1v) is 7.27. The Kier molecular flexibility index (Phi) is 5.15. The van der Waals surface area contributed by atoms with Crippen LogP contribution in [0.1, 0.15) is 31.4 Å². The maximum absolute atomic E-state index is 13.5. The topological polar surface area (TPSA) is 21.3 Å². The maximum atomic E-state index is 13.5.